The topological polar surface area (TPSA) is 150 Å². The smallest absolute Gasteiger partial charge is 0.422 e. The van der Waals surface area contributed by atoms with Crippen LogP contribution in [0.2, 0.25) is 0 Å². The van der Waals surface area contributed by atoms with Crippen molar-refractivity contribution in [3.63, 3.8) is 0 Å². The van der Waals surface area contributed by atoms with E-state index in [0.29, 0.717) is 6.07 Å². The molecule has 1 aromatic rings. The summed E-state index contributed by atoms with van der Waals surface area (Å²) in [4.78, 5) is 40.1. The van der Waals surface area contributed by atoms with Gasteiger partial charge in [0.05, 0.1) is 15.9 Å². The van der Waals surface area contributed by atoms with Crippen LogP contribution in [0.15, 0.2) is 18.2 Å². The second-order valence-corrected chi connectivity index (χ2v) is 2.86. The van der Waals surface area contributed by atoms with E-state index >= 15 is 0 Å². The second kappa shape index (κ2) is 4.86. The van der Waals surface area contributed by atoms with Crippen LogP contribution in [0.25, 0.3) is 0 Å². The molecule has 0 fully saturated rings. The fourth-order valence-corrected chi connectivity index (χ4v) is 0.992. The van der Waals surface area contributed by atoms with Gasteiger partial charge in [0, 0.05) is 12.1 Å². The highest BCUT2D eigenvalue weighted by molar-refractivity contribution is 6.29. The number of carboxylic acids is 1. The molecule has 0 bridgehead atoms. The van der Waals surface area contributed by atoms with Crippen LogP contribution in [0.4, 0.5) is 11.4 Å². The number of carbonyl (C=O) groups excluding carboxylic acids is 1. The number of carboxylic acid groups (broad SMARTS) is 1. The third kappa shape index (κ3) is 2.75. The van der Waals surface area contributed by atoms with Crippen LogP contribution in [-0.2, 0) is 9.59 Å². The van der Waals surface area contributed by atoms with E-state index in [9.17, 15) is 29.8 Å². The second-order valence-electron chi connectivity index (χ2n) is 2.86. The van der Waals surface area contributed by atoms with E-state index in [4.69, 9.17) is 5.11 Å². The van der Waals surface area contributed by atoms with Crippen LogP contribution in [0.5, 0.6) is 5.75 Å². The molecule has 0 saturated heterocycles. The van der Waals surface area contributed by atoms with Gasteiger partial charge in [-0.1, -0.05) is 0 Å². The molecule has 0 unspecified atom stereocenters. The summed E-state index contributed by atoms with van der Waals surface area (Å²) in [5, 5.41) is 29.3. The van der Waals surface area contributed by atoms with Crippen LogP contribution in [-0.4, -0.2) is 26.9 Å². The number of nitro benzene ring substituents is 2. The van der Waals surface area contributed by atoms with E-state index in [1.54, 1.807) is 0 Å². The Morgan fingerprint density at radius 1 is 1.17 bits per heavy atom. The SMILES string of the molecule is O=C(O)C(=O)Oc1cc([N+](=O)[O-])ccc1[N+](=O)[O-]. The van der Waals surface area contributed by atoms with Crippen LogP contribution in [0.3, 0.4) is 0 Å². The highest BCUT2D eigenvalue weighted by atomic mass is 16.6. The first-order valence-corrected chi connectivity index (χ1v) is 4.21. The fraction of sp³-hybridized carbons (Fsp3) is 0. The molecule has 10 heteroatoms. The van der Waals surface area contributed by atoms with E-state index in [-0.39, 0.29) is 0 Å². The highest BCUT2D eigenvalue weighted by Gasteiger charge is 2.24. The summed E-state index contributed by atoms with van der Waals surface area (Å²) in [5.41, 5.74) is -1.33. The fourth-order valence-electron chi connectivity index (χ4n) is 0.992. The molecule has 0 spiro atoms. The molecular weight excluding hydrogens is 252 g/mol. The monoisotopic (exact) mass is 256 g/mol. The quantitative estimate of drug-likeness (QED) is 0.270. The molecule has 94 valence electrons. The molecule has 18 heavy (non-hydrogen) atoms. The van der Waals surface area contributed by atoms with Gasteiger partial charge in [-0.15, -0.1) is 0 Å². The third-order valence-electron chi connectivity index (χ3n) is 1.73. The first-order valence-electron chi connectivity index (χ1n) is 4.21. The molecule has 1 rings (SSSR count). The largest absolute Gasteiger partial charge is 0.473 e. The number of benzene rings is 1. The Kier molecular flexibility index (Phi) is 3.52. The Hall–Kier alpha value is -3.04. The zero-order valence-electron chi connectivity index (χ0n) is 8.43. The van der Waals surface area contributed by atoms with Gasteiger partial charge >= 0.3 is 17.6 Å². The van der Waals surface area contributed by atoms with Crippen LogP contribution in [0, 0.1) is 20.2 Å². The molecular formula is C8H4N2O8. The Labute approximate surface area is 97.7 Å². The van der Waals surface area contributed by atoms with Gasteiger partial charge in [0.2, 0.25) is 5.75 Å². The lowest BCUT2D eigenvalue weighted by molar-refractivity contribution is -0.389. The number of carbonyl (C=O) groups is 2. The van der Waals surface area contributed by atoms with E-state index in [0.717, 1.165) is 12.1 Å². The van der Waals surface area contributed by atoms with Crippen molar-refractivity contribution in [1.82, 2.24) is 0 Å². The molecule has 0 amide bonds. The summed E-state index contributed by atoms with van der Waals surface area (Å²) in [6.07, 6.45) is 0. The van der Waals surface area contributed by atoms with Gasteiger partial charge in [-0.05, 0) is 0 Å². The highest BCUT2D eigenvalue weighted by Crippen LogP contribution is 2.31. The van der Waals surface area contributed by atoms with E-state index in [2.05, 4.69) is 4.74 Å². The van der Waals surface area contributed by atoms with Crippen molar-refractivity contribution < 1.29 is 29.3 Å². The van der Waals surface area contributed by atoms with Gasteiger partial charge in [-0.3, -0.25) is 20.2 Å². The van der Waals surface area contributed by atoms with Crippen LogP contribution < -0.4 is 4.74 Å². The normalized spacial score (nSPS) is 9.56. The number of aliphatic carboxylic acids is 1. The Morgan fingerprint density at radius 2 is 1.78 bits per heavy atom. The van der Waals surface area contributed by atoms with E-state index < -0.39 is 38.9 Å². The molecule has 0 aliphatic carbocycles. The minimum atomic E-state index is -1.98. The predicted octanol–water partition coefficient (Wildman–Crippen LogP) is 0.493. The van der Waals surface area contributed by atoms with Gasteiger partial charge < -0.3 is 9.84 Å². The lowest BCUT2D eigenvalue weighted by Gasteiger charge is -2.02. The maximum Gasteiger partial charge on any atom is 0.422 e. The molecule has 0 aliphatic rings. The van der Waals surface area contributed by atoms with Crippen molar-refractivity contribution in [2.45, 2.75) is 0 Å². The third-order valence-corrected chi connectivity index (χ3v) is 1.73. The summed E-state index contributed by atoms with van der Waals surface area (Å²) in [6.45, 7) is 0. The van der Waals surface area contributed by atoms with Crippen molar-refractivity contribution in [1.29, 1.82) is 0 Å². The first kappa shape index (κ1) is 13.0. The predicted molar refractivity (Wildman–Crippen MR) is 53.0 cm³/mol. The average molecular weight is 256 g/mol. The number of ether oxygens (including phenoxy) is 1. The van der Waals surface area contributed by atoms with Crippen molar-refractivity contribution in [3.8, 4) is 5.75 Å². The van der Waals surface area contributed by atoms with Crippen molar-refractivity contribution in [3.05, 3.63) is 38.4 Å². The first-order chi connectivity index (χ1) is 8.32. The molecule has 10 nitrogen and oxygen atoms in total. The van der Waals surface area contributed by atoms with Gasteiger partial charge in [0.25, 0.3) is 5.69 Å². The average Bonchev–Trinajstić information content (AvgIpc) is 2.28. The van der Waals surface area contributed by atoms with E-state index in [1.807, 2.05) is 0 Å². The van der Waals surface area contributed by atoms with Crippen LogP contribution in [0.1, 0.15) is 0 Å². The summed E-state index contributed by atoms with van der Waals surface area (Å²) >= 11 is 0. The molecule has 0 saturated carbocycles. The summed E-state index contributed by atoms with van der Waals surface area (Å²) in [7, 11) is 0. The summed E-state index contributed by atoms with van der Waals surface area (Å²) in [5.74, 6) is -4.56. The van der Waals surface area contributed by atoms with Crippen molar-refractivity contribution >= 4 is 23.3 Å². The minimum absolute atomic E-state index is 0.575. The number of nitrogens with zero attached hydrogens (tertiary/aromatic N) is 2. The van der Waals surface area contributed by atoms with Gasteiger partial charge in [0.15, 0.2) is 0 Å². The van der Waals surface area contributed by atoms with Crippen molar-refractivity contribution in [2.75, 3.05) is 0 Å². The zero-order chi connectivity index (χ0) is 13.9. The molecule has 0 radical (unpaired) electrons. The van der Waals surface area contributed by atoms with Gasteiger partial charge in [-0.25, -0.2) is 9.59 Å². The van der Waals surface area contributed by atoms with Gasteiger partial charge in [-0.2, -0.15) is 0 Å². The number of hydrogen-bond acceptors (Lipinski definition) is 7. The van der Waals surface area contributed by atoms with Gasteiger partial charge in [0.1, 0.15) is 0 Å². The standard InChI is InChI=1S/C8H4N2O8/c11-7(12)8(13)18-6-3-4(9(14)15)1-2-5(6)10(16)17/h1-3H,(H,11,12). The number of non-ortho nitro benzene ring substituents is 1. The van der Waals surface area contributed by atoms with Crippen LogP contribution >= 0.6 is 0 Å². The molecule has 0 aromatic heterocycles. The molecule has 0 heterocycles. The minimum Gasteiger partial charge on any atom is -0.473 e. The molecule has 1 N–H and O–H groups in total. The molecule has 0 atom stereocenters. The number of rotatable bonds is 3. The number of esters is 1. The maximum absolute atomic E-state index is 10.8. The lowest BCUT2D eigenvalue weighted by Crippen LogP contribution is -2.19. The Balaban J connectivity index is 3.23. The Morgan fingerprint density at radius 3 is 2.22 bits per heavy atom. The van der Waals surface area contributed by atoms with Crippen molar-refractivity contribution in [2.24, 2.45) is 0 Å². The summed E-state index contributed by atoms with van der Waals surface area (Å²) in [6, 6.07) is 2.16. The number of hydrogen-bond donors (Lipinski definition) is 1. The van der Waals surface area contributed by atoms with E-state index in [1.165, 1.54) is 0 Å². The number of nitro groups is 2. The Bertz CT molecular complexity index is 552. The molecule has 1 aromatic carbocycles. The molecule has 0 aliphatic heterocycles. The zero-order valence-corrected chi connectivity index (χ0v) is 8.43. The lowest BCUT2D eigenvalue weighted by atomic mass is 10.2. The maximum atomic E-state index is 10.8. The summed E-state index contributed by atoms with van der Waals surface area (Å²) < 4.78 is 4.17.